The van der Waals surface area contributed by atoms with Crippen molar-refractivity contribution >= 4 is 0 Å². The van der Waals surface area contributed by atoms with Gasteiger partial charge in [-0.25, -0.2) is 0 Å². The van der Waals surface area contributed by atoms with E-state index in [0.717, 1.165) is 11.8 Å². The molecule has 0 spiro atoms. The molecule has 26 heavy (non-hydrogen) atoms. The summed E-state index contributed by atoms with van der Waals surface area (Å²) in [6, 6.07) is 0. The Hall–Kier alpha value is -0.780. The van der Waals surface area contributed by atoms with Crippen molar-refractivity contribution in [2.24, 2.45) is 17.8 Å². The van der Waals surface area contributed by atoms with Gasteiger partial charge in [-0.05, 0) is 61.0 Å². The molecule has 2 atom stereocenters. The minimum Gasteiger partial charge on any atom is -0.0807 e. The van der Waals surface area contributed by atoms with Crippen molar-refractivity contribution in [3.05, 3.63) is 35.5 Å². The van der Waals surface area contributed by atoms with Crippen LogP contribution in [0.3, 0.4) is 0 Å². The Morgan fingerprint density at radius 2 is 1.65 bits per heavy atom. The second-order valence-corrected chi connectivity index (χ2v) is 7.75. The van der Waals surface area contributed by atoms with Gasteiger partial charge in [0.2, 0.25) is 0 Å². The van der Waals surface area contributed by atoms with Gasteiger partial charge in [-0.15, -0.1) is 0 Å². The monoisotopic (exact) mass is 360 g/mol. The SMILES string of the molecule is CC.CCC1C=CC(C2=CCCCC2)=C1.CCCC(CCC)C(C)CC. The molecule has 2 rings (SSSR count). The Labute approximate surface area is 166 Å². The van der Waals surface area contributed by atoms with Gasteiger partial charge < -0.3 is 0 Å². The van der Waals surface area contributed by atoms with E-state index in [2.05, 4.69) is 58.9 Å². The van der Waals surface area contributed by atoms with Crippen LogP contribution >= 0.6 is 0 Å². The van der Waals surface area contributed by atoms with Gasteiger partial charge in [0.25, 0.3) is 0 Å². The Morgan fingerprint density at radius 1 is 1.00 bits per heavy atom. The van der Waals surface area contributed by atoms with Crippen LogP contribution in [-0.2, 0) is 0 Å². The number of rotatable bonds is 8. The zero-order chi connectivity index (χ0) is 19.8. The highest BCUT2D eigenvalue weighted by molar-refractivity contribution is 5.45. The predicted octanol–water partition coefficient (Wildman–Crippen LogP) is 9.28. The lowest BCUT2D eigenvalue weighted by molar-refractivity contribution is 0.302. The van der Waals surface area contributed by atoms with Crippen LogP contribution in [-0.4, -0.2) is 0 Å². The zero-order valence-electron chi connectivity index (χ0n) is 19.1. The lowest BCUT2D eigenvalue weighted by atomic mass is 9.85. The van der Waals surface area contributed by atoms with E-state index in [0.29, 0.717) is 5.92 Å². The predicted molar refractivity (Wildman–Crippen MR) is 122 cm³/mol. The smallest absolute Gasteiger partial charge is 0.00437 e. The maximum absolute atomic E-state index is 2.43. The molecule has 0 nitrogen and oxygen atoms in total. The maximum Gasteiger partial charge on any atom is -0.00437 e. The van der Waals surface area contributed by atoms with E-state index in [9.17, 15) is 0 Å². The minimum atomic E-state index is 0.706. The van der Waals surface area contributed by atoms with E-state index in [1.807, 2.05) is 13.8 Å². The highest BCUT2D eigenvalue weighted by Gasteiger charge is 2.13. The summed E-state index contributed by atoms with van der Waals surface area (Å²) in [4.78, 5) is 0. The van der Waals surface area contributed by atoms with Crippen LogP contribution in [0, 0.1) is 17.8 Å². The average Bonchev–Trinajstić information content (AvgIpc) is 3.19. The molecule has 0 N–H and O–H groups in total. The van der Waals surface area contributed by atoms with Gasteiger partial charge in [0.15, 0.2) is 0 Å². The summed E-state index contributed by atoms with van der Waals surface area (Å²) in [7, 11) is 0. The van der Waals surface area contributed by atoms with Crippen molar-refractivity contribution in [2.75, 3.05) is 0 Å². The van der Waals surface area contributed by atoms with Crippen LogP contribution in [0.2, 0.25) is 0 Å². The molecule has 0 bridgehead atoms. The molecule has 0 aromatic heterocycles. The topological polar surface area (TPSA) is 0 Å². The third kappa shape index (κ3) is 9.79. The molecular formula is C26H48. The molecule has 2 aliphatic rings. The summed E-state index contributed by atoms with van der Waals surface area (Å²) < 4.78 is 0. The fourth-order valence-corrected chi connectivity index (χ4v) is 3.93. The Balaban J connectivity index is 0.000000446. The van der Waals surface area contributed by atoms with Crippen LogP contribution in [0.25, 0.3) is 0 Å². The first-order valence-corrected chi connectivity index (χ1v) is 11.7. The summed E-state index contributed by atoms with van der Waals surface area (Å²) in [6.45, 7) is 15.6. The lowest BCUT2D eigenvalue weighted by Gasteiger charge is -2.21. The molecule has 0 fully saturated rings. The molecule has 0 saturated carbocycles. The molecule has 0 radical (unpaired) electrons. The Kier molecular flexibility index (Phi) is 15.9. The Bertz CT molecular complexity index is 404. The van der Waals surface area contributed by atoms with Crippen molar-refractivity contribution in [2.45, 2.75) is 113 Å². The average molecular weight is 361 g/mol. The first-order chi connectivity index (χ1) is 12.7. The molecule has 0 heteroatoms. The third-order valence-corrected chi connectivity index (χ3v) is 5.82. The van der Waals surface area contributed by atoms with Crippen molar-refractivity contribution < 1.29 is 0 Å². The van der Waals surface area contributed by atoms with E-state index < -0.39 is 0 Å². The number of hydrogen-bond donors (Lipinski definition) is 0. The first-order valence-electron chi connectivity index (χ1n) is 11.7. The molecule has 0 amide bonds. The van der Waals surface area contributed by atoms with E-state index in [1.54, 1.807) is 5.57 Å². The molecular weight excluding hydrogens is 312 g/mol. The zero-order valence-corrected chi connectivity index (χ0v) is 19.1. The largest absolute Gasteiger partial charge is 0.0807 e. The van der Waals surface area contributed by atoms with Gasteiger partial charge in [-0.3, -0.25) is 0 Å². The highest BCUT2D eigenvalue weighted by Crippen LogP contribution is 2.30. The number of hydrogen-bond acceptors (Lipinski definition) is 0. The minimum absolute atomic E-state index is 0.706. The summed E-state index contributed by atoms with van der Waals surface area (Å²) in [5.74, 6) is 2.64. The second-order valence-electron chi connectivity index (χ2n) is 7.75. The summed E-state index contributed by atoms with van der Waals surface area (Å²) in [6.07, 6.45) is 23.0. The quantitative estimate of drug-likeness (QED) is 0.404. The van der Waals surface area contributed by atoms with Gasteiger partial charge in [-0.2, -0.15) is 0 Å². The molecule has 0 aromatic carbocycles. The second kappa shape index (κ2) is 16.4. The molecule has 2 aliphatic carbocycles. The standard InChI is InChI=1S/C13H18.C11H24.C2H6/c1-2-11-8-9-13(10-11)12-6-4-3-5-7-12;1-5-8-11(9-6-2)10(4)7-3;1-2/h6,8-11H,2-5,7H2,1H3;10-11H,5-9H2,1-4H3;1-2H3. The van der Waals surface area contributed by atoms with Crippen molar-refractivity contribution in [1.29, 1.82) is 0 Å². The normalized spacial score (nSPS) is 19.8. The van der Waals surface area contributed by atoms with Crippen LogP contribution < -0.4 is 0 Å². The van der Waals surface area contributed by atoms with Gasteiger partial charge in [-0.1, -0.05) is 105 Å². The van der Waals surface area contributed by atoms with Gasteiger partial charge in [0, 0.05) is 0 Å². The molecule has 0 heterocycles. The number of allylic oxidation sites excluding steroid dienone is 6. The van der Waals surface area contributed by atoms with Crippen LogP contribution in [0.1, 0.15) is 113 Å². The van der Waals surface area contributed by atoms with E-state index >= 15 is 0 Å². The van der Waals surface area contributed by atoms with Crippen LogP contribution in [0.5, 0.6) is 0 Å². The van der Waals surface area contributed by atoms with Crippen LogP contribution in [0.4, 0.5) is 0 Å². The summed E-state index contributed by atoms with van der Waals surface area (Å²) in [5.41, 5.74) is 3.10. The van der Waals surface area contributed by atoms with E-state index in [4.69, 9.17) is 0 Å². The van der Waals surface area contributed by atoms with Crippen molar-refractivity contribution in [3.8, 4) is 0 Å². The first kappa shape index (κ1) is 25.2. The van der Waals surface area contributed by atoms with Gasteiger partial charge >= 0.3 is 0 Å². The summed E-state index contributed by atoms with van der Waals surface area (Å²) >= 11 is 0. The van der Waals surface area contributed by atoms with Crippen molar-refractivity contribution in [3.63, 3.8) is 0 Å². The van der Waals surface area contributed by atoms with Crippen LogP contribution in [0.15, 0.2) is 35.5 Å². The van der Waals surface area contributed by atoms with E-state index in [-0.39, 0.29) is 0 Å². The molecule has 0 aromatic rings. The van der Waals surface area contributed by atoms with E-state index in [1.165, 1.54) is 69.8 Å². The Morgan fingerprint density at radius 3 is 2.08 bits per heavy atom. The van der Waals surface area contributed by atoms with Gasteiger partial charge in [0.1, 0.15) is 0 Å². The molecule has 0 saturated heterocycles. The lowest BCUT2D eigenvalue weighted by Crippen LogP contribution is -2.10. The molecule has 152 valence electrons. The maximum atomic E-state index is 2.43. The third-order valence-electron chi connectivity index (χ3n) is 5.82. The molecule has 0 aliphatic heterocycles. The van der Waals surface area contributed by atoms with Gasteiger partial charge in [0.05, 0.1) is 0 Å². The summed E-state index contributed by atoms with van der Waals surface area (Å²) in [5, 5.41) is 0. The fraction of sp³-hybridized carbons (Fsp3) is 0.769. The highest BCUT2D eigenvalue weighted by atomic mass is 14.2. The van der Waals surface area contributed by atoms with Crippen molar-refractivity contribution in [1.82, 2.24) is 0 Å². The molecule has 2 unspecified atom stereocenters. The fourth-order valence-electron chi connectivity index (χ4n) is 3.93.